The van der Waals surface area contributed by atoms with E-state index in [4.69, 9.17) is 25.8 Å². The molecule has 0 saturated heterocycles. The normalized spacial score (nSPS) is 11.6. The summed E-state index contributed by atoms with van der Waals surface area (Å²) in [6.45, 7) is 15.9. The van der Waals surface area contributed by atoms with Crippen molar-refractivity contribution in [2.75, 3.05) is 26.1 Å². The molecule has 0 unspecified atom stereocenters. The number of fused-ring (bicyclic) bond motifs is 2. The first kappa shape index (κ1) is 33.8. The topological polar surface area (TPSA) is 82.3 Å². The second kappa shape index (κ2) is 16.1. The lowest BCUT2D eigenvalue weighted by Gasteiger charge is -2.15. The minimum absolute atomic E-state index is 0.0226. The summed E-state index contributed by atoms with van der Waals surface area (Å²) in [5.74, 6) is 0.786. The molecular formula is C26H39Br2ClN4O4Si2. The summed E-state index contributed by atoms with van der Waals surface area (Å²) in [5.41, 5.74) is 1.61. The second-order valence-corrected chi connectivity index (χ2v) is 24.5. The summed E-state index contributed by atoms with van der Waals surface area (Å²) in [7, 11) is -1.91. The zero-order chi connectivity index (χ0) is 29.1. The van der Waals surface area contributed by atoms with Gasteiger partial charge in [-0.2, -0.15) is 5.10 Å². The van der Waals surface area contributed by atoms with E-state index in [9.17, 15) is 4.79 Å². The van der Waals surface area contributed by atoms with E-state index in [1.807, 2.05) is 18.3 Å². The number of ether oxygens (including phenoxy) is 3. The highest BCUT2D eigenvalue weighted by Crippen LogP contribution is 2.23. The Balaban J connectivity index is 0.000000226. The Hall–Kier alpha value is -1.42. The third-order valence-corrected chi connectivity index (χ3v) is 9.72. The standard InChI is InChI=1S/C13H19BrN2O2Si.C7H5BrN2O.C6H15ClOSi/c1-19(2,3)7-6-17-10-18-13-4-5-15-16-9-11(14)8-12(13)16;8-5-3-6-7(11)1-2-9-10(6)4-5;1-9(2,3)5-4-8-6-7/h4-5,8-9H,6-7,10H2,1-3H3;1-4,9H;4-6H2,1-3H3. The molecule has 4 heterocycles. The van der Waals surface area contributed by atoms with Crippen molar-refractivity contribution in [2.24, 2.45) is 0 Å². The van der Waals surface area contributed by atoms with Crippen LogP contribution in [-0.2, 0) is 9.47 Å². The van der Waals surface area contributed by atoms with Crippen LogP contribution in [0, 0.1) is 0 Å². The molecule has 0 aliphatic heterocycles. The van der Waals surface area contributed by atoms with Crippen molar-refractivity contribution in [1.82, 2.24) is 19.2 Å². The molecule has 4 aromatic heterocycles. The number of nitrogens with zero attached hydrogens (tertiary/aromatic N) is 3. The van der Waals surface area contributed by atoms with Gasteiger partial charge in [0.1, 0.15) is 22.8 Å². The average Bonchev–Trinajstić information content (AvgIpc) is 3.41. The molecule has 0 aliphatic carbocycles. The molecule has 0 spiro atoms. The Kier molecular flexibility index (Phi) is 14.0. The highest BCUT2D eigenvalue weighted by atomic mass is 79.9. The Morgan fingerprint density at radius 1 is 0.923 bits per heavy atom. The van der Waals surface area contributed by atoms with Gasteiger partial charge in [-0.05, 0) is 56.1 Å². The lowest BCUT2D eigenvalue weighted by Crippen LogP contribution is -2.22. The molecule has 0 radical (unpaired) electrons. The van der Waals surface area contributed by atoms with Gasteiger partial charge < -0.3 is 19.3 Å². The number of aromatic amines is 1. The van der Waals surface area contributed by atoms with Gasteiger partial charge in [0.05, 0.1) is 6.20 Å². The van der Waals surface area contributed by atoms with E-state index in [1.165, 1.54) is 12.1 Å². The number of hydrogen-bond acceptors (Lipinski definition) is 5. The lowest BCUT2D eigenvalue weighted by atomic mass is 10.4. The van der Waals surface area contributed by atoms with E-state index in [0.29, 0.717) is 11.6 Å². The molecule has 0 atom stereocenters. The van der Waals surface area contributed by atoms with Crippen molar-refractivity contribution in [3.8, 4) is 5.75 Å². The average molecular weight is 723 g/mol. The van der Waals surface area contributed by atoms with Crippen LogP contribution in [0.5, 0.6) is 5.75 Å². The van der Waals surface area contributed by atoms with Gasteiger partial charge in [0.15, 0.2) is 6.79 Å². The maximum absolute atomic E-state index is 11.1. The summed E-state index contributed by atoms with van der Waals surface area (Å²) in [6.07, 6.45) is 7.03. The maximum Gasteiger partial charge on any atom is 0.205 e. The fourth-order valence-corrected chi connectivity index (χ4v) is 5.52. The molecule has 0 bridgehead atoms. The zero-order valence-electron chi connectivity index (χ0n) is 23.5. The molecule has 4 rings (SSSR count). The minimum Gasteiger partial charge on any atom is -0.465 e. The van der Waals surface area contributed by atoms with Crippen LogP contribution in [0.25, 0.3) is 11.0 Å². The van der Waals surface area contributed by atoms with E-state index in [2.05, 4.69) is 81.3 Å². The van der Waals surface area contributed by atoms with E-state index in [0.717, 1.165) is 39.5 Å². The van der Waals surface area contributed by atoms with Crippen LogP contribution in [0.2, 0.25) is 51.4 Å². The Bertz CT molecular complexity index is 1350. The smallest absolute Gasteiger partial charge is 0.205 e. The van der Waals surface area contributed by atoms with Crippen LogP contribution >= 0.6 is 43.5 Å². The molecule has 0 saturated carbocycles. The number of aromatic nitrogens is 4. The summed E-state index contributed by atoms with van der Waals surface area (Å²) in [5, 5.41) is 7.11. The highest BCUT2D eigenvalue weighted by Gasteiger charge is 2.12. The van der Waals surface area contributed by atoms with Gasteiger partial charge in [0.2, 0.25) is 5.43 Å². The third-order valence-electron chi connectivity index (χ3n) is 5.29. The minimum atomic E-state index is -1.03. The summed E-state index contributed by atoms with van der Waals surface area (Å²) < 4.78 is 21.5. The lowest BCUT2D eigenvalue weighted by molar-refractivity contribution is 0.0227. The molecule has 0 amide bonds. The number of halogens is 3. The fraction of sp³-hybridized carbons (Fsp3) is 0.462. The summed E-state index contributed by atoms with van der Waals surface area (Å²) >= 11 is 12.0. The monoisotopic (exact) mass is 720 g/mol. The van der Waals surface area contributed by atoms with Crippen molar-refractivity contribution < 1.29 is 14.2 Å². The van der Waals surface area contributed by atoms with Crippen LogP contribution in [0.3, 0.4) is 0 Å². The van der Waals surface area contributed by atoms with E-state index < -0.39 is 16.1 Å². The predicted octanol–water partition coefficient (Wildman–Crippen LogP) is 7.72. The highest BCUT2D eigenvalue weighted by molar-refractivity contribution is 9.10. The van der Waals surface area contributed by atoms with Gasteiger partial charge >= 0.3 is 0 Å². The van der Waals surface area contributed by atoms with Gasteiger partial charge in [-0.15, -0.1) is 0 Å². The molecule has 4 aromatic rings. The molecular weight excluding hydrogens is 684 g/mol. The van der Waals surface area contributed by atoms with E-state index in [-0.39, 0.29) is 12.2 Å². The van der Waals surface area contributed by atoms with Gasteiger partial charge in [0.25, 0.3) is 0 Å². The fourth-order valence-electron chi connectivity index (χ4n) is 3.06. The molecule has 0 aromatic carbocycles. The van der Waals surface area contributed by atoms with Crippen molar-refractivity contribution in [1.29, 1.82) is 0 Å². The van der Waals surface area contributed by atoms with Crippen molar-refractivity contribution >= 4 is 70.6 Å². The number of rotatable bonds is 10. The van der Waals surface area contributed by atoms with E-state index in [1.54, 1.807) is 33.7 Å². The Labute approximate surface area is 254 Å². The maximum atomic E-state index is 11.1. The molecule has 13 heteroatoms. The van der Waals surface area contributed by atoms with Gasteiger partial charge in [-0.25, -0.2) is 4.52 Å². The van der Waals surface area contributed by atoms with Gasteiger partial charge in [-0.3, -0.25) is 9.31 Å². The summed E-state index contributed by atoms with van der Waals surface area (Å²) in [6, 6.07) is 9.80. The second-order valence-electron chi connectivity index (χ2n) is 11.2. The first-order valence-electron chi connectivity index (χ1n) is 12.6. The molecule has 8 nitrogen and oxygen atoms in total. The third kappa shape index (κ3) is 13.2. The van der Waals surface area contributed by atoms with Crippen molar-refractivity contribution in [3.63, 3.8) is 0 Å². The zero-order valence-corrected chi connectivity index (χ0v) is 29.4. The number of H-pyrrole nitrogens is 1. The Morgan fingerprint density at radius 2 is 1.54 bits per heavy atom. The van der Waals surface area contributed by atoms with Gasteiger partial charge in [-0.1, -0.05) is 50.9 Å². The van der Waals surface area contributed by atoms with E-state index >= 15 is 0 Å². The largest absolute Gasteiger partial charge is 0.465 e. The molecule has 0 fully saturated rings. The molecule has 39 heavy (non-hydrogen) atoms. The van der Waals surface area contributed by atoms with Crippen LogP contribution < -0.4 is 10.2 Å². The number of nitrogens with one attached hydrogen (secondary N) is 1. The number of hydrogen-bond donors (Lipinski definition) is 1. The van der Waals surface area contributed by atoms with Crippen LogP contribution in [0.15, 0.2) is 62.8 Å². The molecule has 0 aliphatic rings. The molecule has 216 valence electrons. The first-order chi connectivity index (χ1) is 18.3. The van der Waals surface area contributed by atoms with Crippen molar-refractivity contribution in [2.45, 2.75) is 51.4 Å². The summed E-state index contributed by atoms with van der Waals surface area (Å²) in [4.78, 5) is 11.1. The van der Waals surface area contributed by atoms with Crippen LogP contribution in [0.1, 0.15) is 0 Å². The molecule has 1 N–H and O–H groups in total. The SMILES string of the molecule is C[Si](C)(C)CCOCCl.C[Si](C)(C)CCOCOc1ccnn2cc(Br)cc12.O=c1cc[nH]n2cc(Br)cc12. The first-order valence-corrected chi connectivity index (χ1v) is 22.1. The van der Waals surface area contributed by atoms with Crippen molar-refractivity contribution in [3.05, 3.63) is 68.2 Å². The van der Waals surface area contributed by atoms with Crippen LogP contribution in [0.4, 0.5) is 0 Å². The Morgan fingerprint density at radius 3 is 2.15 bits per heavy atom. The predicted molar refractivity (Wildman–Crippen MR) is 173 cm³/mol. The van der Waals surface area contributed by atoms with Gasteiger partial charge in [0, 0.05) is 69.0 Å². The van der Waals surface area contributed by atoms with Crippen LogP contribution in [-0.4, -0.2) is 61.4 Å². The number of alkyl halides is 1. The quantitative estimate of drug-likeness (QED) is 0.0785.